The molecule has 19 heavy (non-hydrogen) atoms. The van der Waals surface area contributed by atoms with Crippen LogP contribution in [0.5, 0.6) is 0 Å². The Hall–Kier alpha value is -1.09. The van der Waals surface area contributed by atoms with Crippen LogP contribution in [0, 0.1) is 11.3 Å². The van der Waals surface area contributed by atoms with Gasteiger partial charge in [0, 0.05) is 18.9 Å². The molecule has 1 unspecified atom stereocenters. The lowest BCUT2D eigenvalue weighted by atomic mass is 9.71. The first kappa shape index (κ1) is 14.3. The van der Waals surface area contributed by atoms with Crippen LogP contribution < -0.4 is 0 Å². The molecule has 1 saturated carbocycles. The van der Waals surface area contributed by atoms with E-state index in [4.69, 9.17) is 4.42 Å². The van der Waals surface area contributed by atoms with Gasteiger partial charge in [-0.1, -0.05) is 20.8 Å². The average molecular weight is 263 g/mol. The fourth-order valence-electron chi connectivity index (χ4n) is 2.96. The molecule has 0 aromatic carbocycles. The fourth-order valence-corrected chi connectivity index (χ4v) is 2.96. The van der Waals surface area contributed by atoms with Crippen LogP contribution in [-0.2, 0) is 11.3 Å². The highest BCUT2D eigenvalue weighted by Gasteiger charge is 2.34. The Morgan fingerprint density at radius 1 is 1.47 bits per heavy atom. The van der Waals surface area contributed by atoms with Crippen molar-refractivity contribution < 1.29 is 9.21 Å². The van der Waals surface area contributed by atoms with Crippen molar-refractivity contribution in [3.05, 3.63) is 24.2 Å². The number of hydrogen-bond acceptors (Lipinski definition) is 3. The number of Topliss-reactive ketones (excluding diaryl/α,β-unsaturated/α-hetero) is 1. The van der Waals surface area contributed by atoms with Gasteiger partial charge < -0.3 is 4.42 Å². The largest absolute Gasteiger partial charge is 0.468 e. The summed E-state index contributed by atoms with van der Waals surface area (Å²) in [6.45, 7) is 9.30. The van der Waals surface area contributed by atoms with Gasteiger partial charge in [0.2, 0.25) is 0 Å². The quantitative estimate of drug-likeness (QED) is 0.815. The Labute approximate surface area is 116 Å². The van der Waals surface area contributed by atoms with Gasteiger partial charge in [-0.15, -0.1) is 0 Å². The first-order valence-electron chi connectivity index (χ1n) is 7.27. The number of nitrogens with zero attached hydrogens (tertiary/aromatic N) is 1. The molecule has 3 nitrogen and oxygen atoms in total. The Morgan fingerprint density at radius 2 is 2.26 bits per heavy atom. The van der Waals surface area contributed by atoms with Crippen molar-refractivity contribution in [1.29, 1.82) is 0 Å². The molecule has 1 aromatic rings. The number of carbonyl (C=O) groups is 1. The lowest BCUT2D eigenvalue weighted by Gasteiger charge is -2.36. The van der Waals surface area contributed by atoms with E-state index in [-0.39, 0.29) is 5.92 Å². The molecule has 1 aliphatic rings. The maximum absolute atomic E-state index is 12.1. The monoisotopic (exact) mass is 263 g/mol. The lowest BCUT2D eigenvalue weighted by Crippen LogP contribution is -2.38. The van der Waals surface area contributed by atoms with Crippen LogP contribution >= 0.6 is 0 Å². The van der Waals surface area contributed by atoms with E-state index in [9.17, 15) is 4.79 Å². The van der Waals surface area contributed by atoms with Crippen LogP contribution in [0.3, 0.4) is 0 Å². The Kier molecular flexibility index (Phi) is 4.46. The van der Waals surface area contributed by atoms with Gasteiger partial charge >= 0.3 is 0 Å². The minimum absolute atomic E-state index is 0.193. The van der Waals surface area contributed by atoms with Crippen molar-refractivity contribution in [1.82, 2.24) is 4.90 Å². The van der Waals surface area contributed by atoms with Gasteiger partial charge in [0.1, 0.15) is 11.5 Å². The molecule has 3 heteroatoms. The minimum Gasteiger partial charge on any atom is -0.468 e. The van der Waals surface area contributed by atoms with Gasteiger partial charge in [-0.2, -0.15) is 0 Å². The Balaban J connectivity index is 1.95. The second-order valence-electron chi connectivity index (χ2n) is 6.44. The summed E-state index contributed by atoms with van der Waals surface area (Å²) in [6.07, 6.45) is 4.50. The molecule has 1 heterocycles. The van der Waals surface area contributed by atoms with E-state index in [2.05, 4.69) is 25.7 Å². The van der Waals surface area contributed by atoms with Gasteiger partial charge in [-0.05, 0) is 36.9 Å². The predicted octanol–water partition coefficient (Wildman–Crippen LogP) is 3.50. The van der Waals surface area contributed by atoms with Crippen molar-refractivity contribution in [2.75, 3.05) is 13.1 Å². The van der Waals surface area contributed by atoms with Gasteiger partial charge in [-0.3, -0.25) is 9.69 Å². The molecule has 1 atom stereocenters. The third-order valence-electron chi connectivity index (χ3n) is 4.19. The van der Waals surface area contributed by atoms with Gasteiger partial charge in [0.25, 0.3) is 0 Å². The van der Waals surface area contributed by atoms with Crippen LogP contribution in [0.4, 0.5) is 0 Å². The molecule has 1 fully saturated rings. The van der Waals surface area contributed by atoms with E-state index in [1.807, 2.05) is 12.1 Å². The predicted molar refractivity (Wildman–Crippen MR) is 75.8 cm³/mol. The standard InChI is InChI=1S/C16H25NO2/c1-4-17(12-14-6-5-9-19-14)11-13-10-16(2,3)8-7-15(13)18/h5-6,9,13H,4,7-8,10-12H2,1-3H3. The molecular formula is C16H25NO2. The Bertz CT molecular complexity index is 408. The summed E-state index contributed by atoms with van der Waals surface area (Å²) in [7, 11) is 0. The highest BCUT2D eigenvalue weighted by molar-refractivity contribution is 5.82. The first-order valence-corrected chi connectivity index (χ1v) is 7.27. The molecule has 1 aromatic heterocycles. The summed E-state index contributed by atoms with van der Waals surface area (Å²) >= 11 is 0. The summed E-state index contributed by atoms with van der Waals surface area (Å²) in [4.78, 5) is 14.4. The average Bonchev–Trinajstić information content (AvgIpc) is 2.85. The van der Waals surface area contributed by atoms with Gasteiger partial charge in [-0.25, -0.2) is 0 Å². The van der Waals surface area contributed by atoms with Crippen LogP contribution in [0.2, 0.25) is 0 Å². The summed E-state index contributed by atoms with van der Waals surface area (Å²) in [5, 5.41) is 0. The zero-order chi connectivity index (χ0) is 13.9. The number of furan rings is 1. The zero-order valence-electron chi connectivity index (χ0n) is 12.3. The normalized spacial score (nSPS) is 22.9. The highest BCUT2D eigenvalue weighted by atomic mass is 16.3. The van der Waals surface area contributed by atoms with Crippen molar-refractivity contribution in [2.45, 2.75) is 46.6 Å². The van der Waals surface area contributed by atoms with Gasteiger partial charge in [0.15, 0.2) is 0 Å². The van der Waals surface area contributed by atoms with Crippen molar-refractivity contribution in [2.24, 2.45) is 11.3 Å². The second kappa shape index (κ2) is 5.91. The summed E-state index contributed by atoms with van der Waals surface area (Å²) in [5.74, 6) is 1.61. The van der Waals surface area contributed by atoms with Crippen molar-refractivity contribution >= 4 is 5.78 Å². The third-order valence-corrected chi connectivity index (χ3v) is 4.19. The molecule has 106 valence electrons. The van der Waals surface area contributed by atoms with Crippen molar-refractivity contribution in [3.8, 4) is 0 Å². The van der Waals surface area contributed by atoms with E-state index < -0.39 is 0 Å². The molecule has 1 aliphatic carbocycles. The topological polar surface area (TPSA) is 33.5 Å². The van der Waals surface area contributed by atoms with E-state index in [1.165, 1.54) is 0 Å². The Morgan fingerprint density at radius 3 is 2.89 bits per heavy atom. The molecule has 2 rings (SSSR count). The smallest absolute Gasteiger partial charge is 0.137 e. The minimum atomic E-state index is 0.193. The third kappa shape index (κ3) is 3.93. The molecular weight excluding hydrogens is 238 g/mol. The molecule has 0 bridgehead atoms. The fraction of sp³-hybridized carbons (Fsp3) is 0.688. The number of rotatable bonds is 5. The first-order chi connectivity index (χ1) is 9.00. The maximum Gasteiger partial charge on any atom is 0.137 e. The van der Waals surface area contributed by atoms with E-state index >= 15 is 0 Å². The molecule has 0 saturated heterocycles. The maximum atomic E-state index is 12.1. The number of ketones is 1. The highest BCUT2D eigenvalue weighted by Crippen LogP contribution is 2.37. The molecule has 0 radical (unpaired) electrons. The summed E-state index contributed by atoms with van der Waals surface area (Å²) in [6, 6.07) is 3.91. The summed E-state index contributed by atoms with van der Waals surface area (Å²) < 4.78 is 5.40. The van der Waals surface area contributed by atoms with Crippen LogP contribution in [-0.4, -0.2) is 23.8 Å². The van der Waals surface area contributed by atoms with E-state index in [0.717, 1.165) is 44.7 Å². The van der Waals surface area contributed by atoms with Gasteiger partial charge in [0.05, 0.1) is 12.8 Å². The second-order valence-corrected chi connectivity index (χ2v) is 6.44. The van der Waals surface area contributed by atoms with E-state index in [1.54, 1.807) is 6.26 Å². The molecule has 0 spiro atoms. The van der Waals surface area contributed by atoms with Crippen molar-refractivity contribution in [3.63, 3.8) is 0 Å². The molecule has 0 N–H and O–H groups in total. The SMILES string of the molecule is CCN(Cc1ccco1)CC1CC(C)(C)CCC1=O. The van der Waals surface area contributed by atoms with Crippen LogP contribution in [0.1, 0.15) is 45.8 Å². The zero-order valence-corrected chi connectivity index (χ0v) is 12.3. The summed E-state index contributed by atoms with van der Waals surface area (Å²) in [5.41, 5.74) is 0.308. The lowest BCUT2D eigenvalue weighted by molar-refractivity contribution is -0.127. The van der Waals surface area contributed by atoms with Crippen LogP contribution in [0.25, 0.3) is 0 Å². The molecule has 0 amide bonds. The number of carbonyl (C=O) groups excluding carboxylic acids is 1. The molecule has 0 aliphatic heterocycles. The number of hydrogen-bond donors (Lipinski definition) is 0. The van der Waals surface area contributed by atoms with Crippen LogP contribution in [0.15, 0.2) is 22.8 Å². The van der Waals surface area contributed by atoms with E-state index in [0.29, 0.717) is 11.2 Å².